The van der Waals surface area contributed by atoms with Crippen molar-refractivity contribution in [2.45, 2.75) is 39.3 Å². The Balaban J connectivity index is 1.70. The Labute approximate surface area is 157 Å². The summed E-state index contributed by atoms with van der Waals surface area (Å²) in [6, 6.07) is 13.2. The van der Waals surface area contributed by atoms with Crippen LogP contribution < -0.4 is 10.1 Å². The molecule has 3 aromatic rings. The molecular formula is C22H21NO4. The Morgan fingerprint density at radius 1 is 1.15 bits per heavy atom. The van der Waals surface area contributed by atoms with Crippen LogP contribution in [0.25, 0.3) is 11.0 Å². The van der Waals surface area contributed by atoms with Crippen LogP contribution >= 0.6 is 0 Å². The fourth-order valence-corrected chi connectivity index (χ4v) is 3.57. The molecule has 1 aliphatic rings. The number of amides is 1. The number of ketones is 1. The highest BCUT2D eigenvalue weighted by Gasteiger charge is 2.35. The topological polar surface area (TPSA) is 68.5 Å². The van der Waals surface area contributed by atoms with Crippen molar-refractivity contribution < 1.29 is 18.7 Å². The van der Waals surface area contributed by atoms with Gasteiger partial charge in [0.1, 0.15) is 16.9 Å². The summed E-state index contributed by atoms with van der Waals surface area (Å²) in [7, 11) is 0. The van der Waals surface area contributed by atoms with Gasteiger partial charge in [-0.3, -0.25) is 9.59 Å². The van der Waals surface area contributed by atoms with Gasteiger partial charge in [-0.15, -0.1) is 0 Å². The summed E-state index contributed by atoms with van der Waals surface area (Å²) in [4.78, 5) is 25.4. The number of furan rings is 1. The van der Waals surface area contributed by atoms with Crippen molar-refractivity contribution in [1.82, 2.24) is 5.32 Å². The number of rotatable bonds is 3. The first kappa shape index (κ1) is 17.3. The van der Waals surface area contributed by atoms with Crippen molar-refractivity contribution in [2.75, 3.05) is 0 Å². The first-order chi connectivity index (χ1) is 12.9. The van der Waals surface area contributed by atoms with E-state index in [4.69, 9.17) is 9.15 Å². The molecule has 2 heterocycles. The van der Waals surface area contributed by atoms with E-state index in [9.17, 15) is 9.59 Å². The Morgan fingerprint density at radius 3 is 2.63 bits per heavy atom. The van der Waals surface area contributed by atoms with Crippen LogP contribution in [-0.4, -0.2) is 17.3 Å². The molecule has 0 bridgehead atoms. The van der Waals surface area contributed by atoms with E-state index >= 15 is 0 Å². The molecule has 2 aromatic carbocycles. The van der Waals surface area contributed by atoms with Crippen molar-refractivity contribution in [1.29, 1.82) is 0 Å². The maximum Gasteiger partial charge on any atom is 0.287 e. The van der Waals surface area contributed by atoms with Gasteiger partial charge in [-0.05, 0) is 38.5 Å². The van der Waals surface area contributed by atoms with E-state index in [1.807, 2.05) is 44.2 Å². The SMILES string of the molecule is Cc1c(C(=O)NCc2ccccc2)oc2ccc3c(c12)C(=O)CC(C)(C)O3. The van der Waals surface area contributed by atoms with Gasteiger partial charge in [0.05, 0.1) is 12.0 Å². The van der Waals surface area contributed by atoms with Gasteiger partial charge in [0.15, 0.2) is 11.5 Å². The van der Waals surface area contributed by atoms with Gasteiger partial charge >= 0.3 is 0 Å². The van der Waals surface area contributed by atoms with Gasteiger partial charge < -0.3 is 14.5 Å². The first-order valence-electron chi connectivity index (χ1n) is 8.96. The monoisotopic (exact) mass is 363 g/mol. The molecule has 0 saturated carbocycles. The first-order valence-corrected chi connectivity index (χ1v) is 8.96. The number of benzene rings is 2. The van der Waals surface area contributed by atoms with Crippen molar-refractivity contribution in [3.05, 3.63) is 64.9 Å². The van der Waals surface area contributed by atoms with Gasteiger partial charge in [-0.2, -0.15) is 0 Å². The lowest BCUT2D eigenvalue weighted by atomic mass is 9.90. The number of hydrogen-bond donors (Lipinski definition) is 1. The minimum atomic E-state index is -0.536. The molecule has 0 unspecified atom stereocenters. The number of ether oxygens (including phenoxy) is 1. The van der Waals surface area contributed by atoms with Crippen LogP contribution in [0, 0.1) is 6.92 Å². The molecule has 0 saturated heterocycles. The van der Waals surface area contributed by atoms with Crippen LogP contribution in [0.15, 0.2) is 46.9 Å². The summed E-state index contributed by atoms with van der Waals surface area (Å²) in [5, 5.41) is 3.54. The molecule has 0 atom stereocenters. The van der Waals surface area contributed by atoms with Gasteiger partial charge in [0.2, 0.25) is 0 Å². The molecule has 0 spiro atoms. The van der Waals surface area contributed by atoms with E-state index in [0.29, 0.717) is 40.8 Å². The maximum atomic E-state index is 12.7. The molecule has 0 fully saturated rings. The van der Waals surface area contributed by atoms with Crippen LogP contribution in [-0.2, 0) is 6.54 Å². The quantitative estimate of drug-likeness (QED) is 0.748. The Bertz CT molecular complexity index is 1050. The molecule has 1 N–H and O–H groups in total. The zero-order chi connectivity index (χ0) is 19.2. The lowest BCUT2D eigenvalue weighted by molar-refractivity contribution is 0.0623. The molecule has 5 nitrogen and oxygen atoms in total. The smallest absolute Gasteiger partial charge is 0.287 e. The lowest BCUT2D eigenvalue weighted by Crippen LogP contribution is -2.35. The third-order valence-corrected chi connectivity index (χ3v) is 4.81. The second-order valence-electron chi connectivity index (χ2n) is 7.50. The number of fused-ring (bicyclic) bond motifs is 3. The van der Waals surface area contributed by atoms with Crippen molar-refractivity contribution in [2.24, 2.45) is 0 Å². The summed E-state index contributed by atoms with van der Waals surface area (Å²) in [6.07, 6.45) is 0.291. The van der Waals surface area contributed by atoms with Crippen LogP contribution in [0.3, 0.4) is 0 Å². The second kappa shape index (κ2) is 6.27. The number of carbonyl (C=O) groups excluding carboxylic acids is 2. The fraction of sp³-hybridized carbons (Fsp3) is 0.273. The summed E-state index contributed by atoms with van der Waals surface area (Å²) in [5.74, 6) is 0.480. The van der Waals surface area contributed by atoms with E-state index in [-0.39, 0.29) is 17.5 Å². The lowest BCUT2D eigenvalue weighted by Gasteiger charge is -2.31. The van der Waals surface area contributed by atoms with E-state index < -0.39 is 5.60 Å². The van der Waals surface area contributed by atoms with Gasteiger partial charge in [-0.25, -0.2) is 0 Å². The van der Waals surface area contributed by atoms with E-state index in [1.165, 1.54) is 0 Å². The average molecular weight is 363 g/mol. The van der Waals surface area contributed by atoms with Gasteiger partial charge in [0.25, 0.3) is 5.91 Å². The van der Waals surface area contributed by atoms with Crippen molar-refractivity contribution in [3.63, 3.8) is 0 Å². The molecule has 27 heavy (non-hydrogen) atoms. The van der Waals surface area contributed by atoms with Crippen molar-refractivity contribution >= 4 is 22.7 Å². The summed E-state index contributed by atoms with van der Waals surface area (Å²) in [6.45, 7) is 5.99. The molecule has 1 aromatic heterocycles. The third-order valence-electron chi connectivity index (χ3n) is 4.81. The van der Waals surface area contributed by atoms with E-state index in [0.717, 1.165) is 5.56 Å². The molecule has 138 valence electrons. The summed E-state index contributed by atoms with van der Waals surface area (Å²) < 4.78 is 11.8. The zero-order valence-corrected chi connectivity index (χ0v) is 15.6. The van der Waals surface area contributed by atoms with Gasteiger partial charge in [-0.1, -0.05) is 30.3 Å². The zero-order valence-electron chi connectivity index (χ0n) is 15.6. The normalized spacial score (nSPS) is 15.3. The van der Waals surface area contributed by atoms with Crippen LogP contribution in [0.1, 0.15) is 52.3 Å². The molecule has 0 aliphatic carbocycles. The third kappa shape index (κ3) is 3.10. The predicted octanol–water partition coefficient (Wildman–Crippen LogP) is 4.42. The minimum Gasteiger partial charge on any atom is -0.487 e. The number of nitrogens with one attached hydrogen (secondary N) is 1. The number of hydrogen-bond acceptors (Lipinski definition) is 4. The summed E-state index contributed by atoms with van der Waals surface area (Å²) in [5.41, 5.74) is 2.15. The second-order valence-corrected chi connectivity index (χ2v) is 7.50. The molecule has 0 radical (unpaired) electrons. The van der Waals surface area contributed by atoms with Crippen LogP contribution in [0.2, 0.25) is 0 Å². The Kier molecular flexibility index (Phi) is 4.02. The highest BCUT2D eigenvalue weighted by atomic mass is 16.5. The largest absolute Gasteiger partial charge is 0.487 e. The molecule has 1 amide bonds. The average Bonchev–Trinajstić information content (AvgIpc) is 2.96. The highest BCUT2D eigenvalue weighted by molar-refractivity contribution is 6.13. The molecule has 5 heteroatoms. The fourth-order valence-electron chi connectivity index (χ4n) is 3.57. The van der Waals surface area contributed by atoms with Crippen LogP contribution in [0.5, 0.6) is 5.75 Å². The standard InChI is InChI=1S/C22H21NO4/c1-13-18-16(9-10-17-19(18)15(24)11-22(2,3)27-17)26-20(13)21(25)23-12-14-7-5-4-6-8-14/h4-10H,11-12H2,1-3H3,(H,23,25). The van der Waals surface area contributed by atoms with E-state index in [2.05, 4.69) is 5.32 Å². The Morgan fingerprint density at radius 2 is 1.89 bits per heavy atom. The predicted molar refractivity (Wildman–Crippen MR) is 102 cm³/mol. The molecular weight excluding hydrogens is 342 g/mol. The number of aryl methyl sites for hydroxylation is 1. The van der Waals surface area contributed by atoms with Crippen molar-refractivity contribution in [3.8, 4) is 5.75 Å². The van der Waals surface area contributed by atoms with E-state index in [1.54, 1.807) is 19.1 Å². The Hall–Kier alpha value is -3.08. The maximum absolute atomic E-state index is 12.7. The molecule has 1 aliphatic heterocycles. The highest BCUT2D eigenvalue weighted by Crippen LogP contribution is 2.40. The number of carbonyl (C=O) groups is 2. The summed E-state index contributed by atoms with van der Waals surface area (Å²) >= 11 is 0. The number of Topliss-reactive ketones (excluding diaryl/α,β-unsaturated/α-hetero) is 1. The molecule has 4 rings (SSSR count). The van der Waals surface area contributed by atoms with Crippen LogP contribution in [0.4, 0.5) is 0 Å². The minimum absolute atomic E-state index is 0.00648. The van der Waals surface area contributed by atoms with Gasteiger partial charge in [0, 0.05) is 17.5 Å².